The van der Waals surface area contributed by atoms with Crippen molar-refractivity contribution >= 4 is 5.91 Å². The van der Waals surface area contributed by atoms with E-state index in [0.717, 1.165) is 30.0 Å². The lowest BCUT2D eigenvalue weighted by molar-refractivity contribution is 0.0948. The van der Waals surface area contributed by atoms with Crippen molar-refractivity contribution in [3.8, 4) is 11.4 Å². The Labute approximate surface area is 137 Å². The third-order valence-corrected chi connectivity index (χ3v) is 3.59. The molecule has 0 atom stereocenters. The molecule has 0 saturated carbocycles. The lowest BCUT2D eigenvalue weighted by Crippen LogP contribution is -2.28. The van der Waals surface area contributed by atoms with E-state index in [0.29, 0.717) is 18.0 Å². The molecule has 1 aromatic heterocycles. The third-order valence-electron chi connectivity index (χ3n) is 3.59. The summed E-state index contributed by atoms with van der Waals surface area (Å²) in [5, 5.41) is 7.39. The van der Waals surface area contributed by atoms with Gasteiger partial charge in [-0.2, -0.15) is 5.10 Å². The predicted octanol–water partition coefficient (Wildman–Crippen LogP) is 3.22. The summed E-state index contributed by atoms with van der Waals surface area (Å²) in [6.07, 6.45) is 3.41. The molecular formula is C18H25N3O2. The number of carbonyl (C=O) groups is 1. The van der Waals surface area contributed by atoms with Crippen molar-refractivity contribution in [1.82, 2.24) is 15.1 Å². The monoisotopic (exact) mass is 315 g/mol. The molecule has 124 valence electrons. The van der Waals surface area contributed by atoms with Gasteiger partial charge in [0.25, 0.3) is 5.91 Å². The van der Waals surface area contributed by atoms with Gasteiger partial charge >= 0.3 is 0 Å². The van der Waals surface area contributed by atoms with Crippen LogP contribution in [0.3, 0.4) is 0 Å². The zero-order valence-corrected chi connectivity index (χ0v) is 14.3. The standard InChI is InChI=1S/C18H25N3O2/c1-5-6-17-16(18(22)19-11-13(2)3)12-20-21(17)14-7-9-15(23-4)10-8-14/h7-10,12-13H,5-6,11H2,1-4H3,(H,19,22). The van der Waals surface area contributed by atoms with Gasteiger partial charge in [0.05, 0.1) is 30.3 Å². The van der Waals surface area contributed by atoms with E-state index in [2.05, 4.69) is 31.2 Å². The highest BCUT2D eigenvalue weighted by atomic mass is 16.5. The Morgan fingerprint density at radius 3 is 2.57 bits per heavy atom. The molecule has 0 fully saturated rings. The fourth-order valence-electron chi connectivity index (χ4n) is 2.38. The molecule has 5 nitrogen and oxygen atoms in total. The van der Waals surface area contributed by atoms with Crippen LogP contribution in [0.2, 0.25) is 0 Å². The Hall–Kier alpha value is -2.30. The van der Waals surface area contributed by atoms with Crippen molar-refractivity contribution in [2.24, 2.45) is 5.92 Å². The van der Waals surface area contributed by atoms with Crippen LogP contribution >= 0.6 is 0 Å². The highest BCUT2D eigenvalue weighted by Crippen LogP contribution is 2.19. The van der Waals surface area contributed by atoms with Gasteiger partial charge in [-0.25, -0.2) is 4.68 Å². The number of amides is 1. The van der Waals surface area contributed by atoms with Crippen LogP contribution in [0.4, 0.5) is 0 Å². The first-order valence-corrected chi connectivity index (χ1v) is 8.06. The van der Waals surface area contributed by atoms with Crippen LogP contribution in [-0.4, -0.2) is 29.3 Å². The molecule has 2 rings (SSSR count). The van der Waals surface area contributed by atoms with Crippen LogP contribution < -0.4 is 10.1 Å². The van der Waals surface area contributed by atoms with Gasteiger partial charge in [0.1, 0.15) is 5.75 Å². The number of hydrogen-bond acceptors (Lipinski definition) is 3. The van der Waals surface area contributed by atoms with Crippen LogP contribution in [0.5, 0.6) is 5.75 Å². The summed E-state index contributed by atoms with van der Waals surface area (Å²) in [5.41, 5.74) is 2.53. The van der Waals surface area contributed by atoms with E-state index in [-0.39, 0.29) is 5.91 Å². The Balaban J connectivity index is 2.31. The summed E-state index contributed by atoms with van der Waals surface area (Å²) in [4.78, 5) is 12.4. The van der Waals surface area contributed by atoms with Crippen LogP contribution in [0.1, 0.15) is 43.2 Å². The number of ether oxygens (including phenoxy) is 1. The Bertz CT molecular complexity index is 645. The summed E-state index contributed by atoms with van der Waals surface area (Å²) in [7, 11) is 1.64. The molecule has 0 aliphatic rings. The third kappa shape index (κ3) is 4.12. The van der Waals surface area contributed by atoms with Crippen LogP contribution in [0.25, 0.3) is 5.69 Å². The lowest BCUT2D eigenvalue weighted by atomic mass is 10.1. The van der Waals surface area contributed by atoms with Gasteiger partial charge in [-0.05, 0) is 36.6 Å². The van der Waals surface area contributed by atoms with E-state index in [1.54, 1.807) is 13.3 Å². The van der Waals surface area contributed by atoms with Crippen molar-refractivity contribution in [2.45, 2.75) is 33.6 Å². The van der Waals surface area contributed by atoms with Gasteiger partial charge in [0.15, 0.2) is 0 Å². The summed E-state index contributed by atoms with van der Waals surface area (Å²) in [6.45, 7) is 6.92. The highest BCUT2D eigenvalue weighted by molar-refractivity contribution is 5.95. The second kappa shape index (κ2) is 7.81. The minimum atomic E-state index is -0.0538. The fourth-order valence-corrected chi connectivity index (χ4v) is 2.38. The first-order chi connectivity index (χ1) is 11.1. The molecule has 0 spiro atoms. The second-order valence-corrected chi connectivity index (χ2v) is 5.97. The van der Waals surface area contributed by atoms with Crippen molar-refractivity contribution in [3.05, 3.63) is 41.7 Å². The summed E-state index contributed by atoms with van der Waals surface area (Å²) in [5.74, 6) is 1.17. The molecule has 0 saturated heterocycles. The van der Waals surface area contributed by atoms with Crippen molar-refractivity contribution < 1.29 is 9.53 Å². The lowest BCUT2D eigenvalue weighted by Gasteiger charge is -2.11. The second-order valence-electron chi connectivity index (χ2n) is 5.97. The zero-order chi connectivity index (χ0) is 16.8. The van der Waals surface area contributed by atoms with E-state index in [1.807, 2.05) is 28.9 Å². The average Bonchev–Trinajstić information content (AvgIpc) is 2.97. The predicted molar refractivity (Wildman–Crippen MR) is 91.3 cm³/mol. The molecule has 0 unspecified atom stereocenters. The normalized spacial score (nSPS) is 10.8. The van der Waals surface area contributed by atoms with Crippen molar-refractivity contribution in [1.29, 1.82) is 0 Å². The number of rotatable bonds is 7. The van der Waals surface area contributed by atoms with Gasteiger partial charge in [0, 0.05) is 6.54 Å². The van der Waals surface area contributed by atoms with Gasteiger partial charge in [-0.1, -0.05) is 27.2 Å². The molecule has 5 heteroatoms. The number of carbonyl (C=O) groups excluding carboxylic acids is 1. The number of benzene rings is 1. The summed E-state index contributed by atoms with van der Waals surface area (Å²) in [6, 6.07) is 7.68. The SMILES string of the molecule is CCCc1c(C(=O)NCC(C)C)cnn1-c1ccc(OC)cc1. The number of hydrogen-bond donors (Lipinski definition) is 1. The fraction of sp³-hybridized carbons (Fsp3) is 0.444. The van der Waals surface area contributed by atoms with Gasteiger partial charge in [-0.15, -0.1) is 0 Å². The maximum absolute atomic E-state index is 12.4. The smallest absolute Gasteiger partial charge is 0.254 e. The summed E-state index contributed by atoms with van der Waals surface area (Å²) < 4.78 is 7.03. The van der Waals surface area contributed by atoms with E-state index in [9.17, 15) is 4.79 Å². The zero-order valence-electron chi connectivity index (χ0n) is 14.3. The number of aromatic nitrogens is 2. The molecule has 23 heavy (non-hydrogen) atoms. The van der Waals surface area contributed by atoms with E-state index in [1.165, 1.54) is 0 Å². The average molecular weight is 315 g/mol. The minimum Gasteiger partial charge on any atom is -0.497 e. The first kappa shape index (κ1) is 17.1. The Morgan fingerprint density at radius 2 is 2.00 bits per heavy atom. The Morgan fingerprint density at radius 1 is 1.30 bits per heavy atom. The van der Waals surface area contributed by atoms with Gasteiger partial charge in [-0.3, -0.25) is 4.79 Å². The number of nitrogens with one attached hydrogen (secondary N) is 1. The molecule has 2 aromatic rings. The van der Waals surface area contributed by atoms with Crippen molar-refractivity contribution in [2.75, 3.05) is 13.7 Å². The topological polar surface area (TPSA) is 56.2 Å². The summed E-state index contributed by atoms with van der Waals surface area (Å²) >= 11 is 0. The van der Waals surface area contributed by atoms with Crippen LogP contribution in [-0.2, 0) is 6.42 Å². The van der Waals surface area contributed by atoms with E-state index in [4.69, 9.17) is 4.74 Å². The van der Waals surface area contributed by atoms with E-state index < -0.39 is 0 Å². The highest BCUT2D eigenvalue weighted by Gasteiger charge is 2.17. The molecule has 1 amide bonds. The first-order valence-electron chi connectivity index (χ1n) is 8.06. The largest absolute Gasteiger partial charge is 0.497 e. The van der Waals surface area contributed by atoms with Crippen LogP contribution in [0.15, 0.2) is 30.5 Å². The molecule has 1 N–H and O–H groups in total. The molecule has 1 heterocycles. The van der Waals surface area contributed by atoms with Gasteiger partial charge in [0.2, 0.25) is 0 Å². The molecular weight excluding hydrogens is 290 g/mol. The molecule has 0 aliphatic heterocycles. The Kier molecular flexibility index (Phi) is 5.79. The number of methoxy groups -OCH3 is 1. The van der Waals surface area contributed by atoms with Crippen LogP contribution in [0, 0.1) is 5.92 Å². The maximum atomic E-state index is 12.4. The minimum absolute atomic E-state index is 0.0538. The van der Waals surface area contributed by atoms with Gasteiger partial charge < -0.3 is 10.1 Å². The maximum Gasteiger partial charge on any atom is 0.254 e. The molecule has 0 aliphatic carbocycles. The quantitative estimate of drug-likeness (QED) is 0.853. The van der Waals surface area contributed by atoms with Crippen molar-refractivity contribution in [3.63, 3.8) is 0 Å². The molecule has 0 bridgehead atoms. The molecule has 0 radical (unpaired) electrons. The van der Waals surface area contributed by atoms with E-state index >= 15 is 0 Å². The number of nitrogens with zero attached hydrogens (tertiary/aromatic N) is 2. The molecule has 1 aromatic carbocycles.